The summed E-state index contributed by atoms with van der Waals surface area (Å²) in [6, 6.07) is 10.8. The molecule has 2 N–H and O–H groups in total. The molecule has 1 aromatic heterocycles. The number of carbonyl (C=O) groups excluding carboxylic acids is 1. The minimum absolute atomic E-state index is 0.157. The Morgan fingerprint density at radius 1 is 1.12 bits per heavy atom. The number of carboxylic acid groups (broad SMARTS) is 1. The van der Waals surface area contributed by atoms with Gasteiger partial charge in [0.1, 0.15) is 23.9 Å². The van der Waals surface area contributed by atoms with Gasteiger partial charge in [-0.2, -0.15) is 0 Å². The van der Waals surface area contributed by atoms with Crippen LogP contribution < -0.4 is 10.1 Å². The molecular formula is C22H20Cl2N4O4. The fourth-order valence-corrected chi connectivity index (χ4v) is 3.24. The molecule has 0 aliphatic rings. The monoisotopic (exact) mass is 474 g/mol. The lowest BCUT2D eigenvalue weighted by molar-refractivity contribution is -0.137. The Hall–Kier alpha value is -3.36. The molecular weight excluding hydrogens is 455 g/mol. The predicted octanol–water partition coefficient (Wildman–Crippen LogP) is 4.62. The van der Waals surface area contributed by atoms with Crippen LogP contribution >= 0.6 is 23.2 Å². The number of rotatable bonds is 7. The molecule has 0 saturated carbocycles. The third-order valence-electron chi connectivity index (χ3n) is 4.50. The lowest BCUT2D eigenvalue weighted by Crippen LogP contribution is -2.32. The van der Waals surface area contributed by atoms with Crippen LogP contribution in [0.1, 0.15) is 5.56 Å². The summed E-state index contributed by atoms with van der Waals surface area (Å²) in [7, 11) is 3.16. The van der Waals surface area contributed by atoms with Crippen LogP contribution in [0.25, 0.3) is 11.1 Å². The molecule has 3 aromatic rings. The van der Waals surface area contributed by atoms with E-state index < -0.39 is 18.1 Å². The molecule has 10 heteroatoms. The summed E-state index contributed by atoms with van der Waals surface area (Å²) in [6.07, 6.45) is 2.51. The van der Waals surface area contributed by atoms with Gasteiger partial charge in [0.15, 0.2) is 0 Å². The Bertz CT molecular complexity index is 1120. The van der Waals surface area contributed by atoms with E-state index in [1.807, 2.05) is 0 Å². The molecule has 0 fully saturated rings. The lowest BCUT2D eigenvalue weighted by Gasteiger charge is -2.18. The number of aliphatic carboxylic acids is 1. The molecule has 1 atom stereocenters. The van der Waals surface area contributed by atoms with Gasteiger partial charge in [0.05, 0.1) is 10.0 Å². The Kier molecular flexibility index (Phi) is 7.50. The normalized spacial score (nSPS) is 11.5. The highest BCUT2D eigenvalue weighted by Gasteiger charge is 2.21. The van der Waals surface area contributed by atoms with Crippen LogP contribution in [0, 0.1) is 0 Å². The average Bonchev–Trinajstić information content (AvgIpc) is 2.77. The standard InChI is InChI=1S/C22H20Cl2N4O4/c1-28(2)22(31)32-14-8-6-13(7-9-14)10-18(21(29)30)27-20-16(11-25-12-26-20)15-4-3-5-17(23)19(15)24/h3-9,11-12,18H,10H2,1-2H3,(H,29,30)(H,25,26,27)/t18-/m0/s1. The van der Waals surface area contributed by atoms with E-state index in [-0.39, 0.29) is 6.42 Å². The van der Waals surface area contributed by atoms with Crippen LogP contribution in [-0.4, -0.2) is 52.2 Å². The predicted molar refractivity (Wildman–Crippen MR) is 122 cm³/mol. The minimum Gasteiger partial charge on any atom is -0.480 e. The molecule has 0 aliphatic heterocycles. The minimum atomic E-state index is -1.06. The maximum absolute atomic E-state index is 11.9. The SMILES string of the molecule is CN(C)C(=O)Oc1ccc(C[C@H](Nc2ncncc2-c2cccc(Cl)c2Cl)C(=O)O)cc1. The molecule has 8 nitrogen and oxygen atoms in total. The first kappa shape index (κ1) is 23.3. The van der Waals surface area contributed by atoms with Gasteiger partial charge in [0, 0.05) is 37.8 Å². The van der Waals surface area contributed by atoms with Crippen LogP contribution in [0.4, 0.5) is 10.6 Å². The fourth-order valence-electron chi connectivity index (χ4n) is 2.84. The van der Waals surface area contributed by atoms with Crippen molar-refractivity contribution in [2.24, 2.45) is 0 Å². The molecule has 2 aromatic carbocycles. The van der Waals surface area contributed by atoms with Crippen molar-refractivity contribution in [1.29, 1.82) is 0 Å². The van der Waals surface area contributed by atoms with Gasteiger partial charge >= 0.3 is 12.1 Å². The van der Waals surface area contributed by atoms with Crippen molar-refractivity contribution in [3.8, 4) is 16.9 Å². The quantitative estimate of drug-likeness (QED) is 0.514. The highest BCUT2D eigenvalue weighted by Crippen LogP contribution is 2.36. The van der Waals surface area contributed by atoms with E-state index in [0.29, 0.717) is 32.7 Å². The number of anilines is 1. The van der Waals surface area contributed by atoms with E-state index in [9.17, 15) is 14.7 Å². The van der Waals surface area contributed by atoms with E-state index in [1.54, 1.807) is 62.8 Å². The first-order valence-electron chi connectivity index (χ1n) is 9.48. The number of carboxylic acids is 1. The van der Waals surface area contributed by atoms with Crippen molar-refractivity contribution in [2.45, 2.75) is 12.5 Å². The molecule has 0 unspecified atom stereocenters. The number of hydrogen-bond acceptors (Lipinski definition) is 6. The largest absolute Gasteiger partial charge is 0.480 e. The van der Waals surface area contributed by atoms with Gasteiger partial charge in [-0.3, -0.25) is 0 Å². The number of ether oxygens (including phenoxy) is 1. The zero-order valence-corrected chi connectivity index (χ0v) is 18.8. The second-order valence-corrected chi connectivity index (χ2v) is 7.82. The van der Waals surface area contributed by atoms with Crippen molar-refractivity contribution < 1.29 is 19.4 Å². The number of aromatic nitrogens is 2. The third kappa shape index (κ3) is 5.66. The van der Waals surface area contributed by atoms with Gasteiger partial charge in [0.25, 0.3) is 0 Å². The summed E-state index contributed by atoms with van der Waals surface area (Å²) in [5.74, 6) is -0.385. The molecule has 32 heavy (non-hydrogen) atoms. The van der Waals surface area contributed by atoms with Crippen molar-refractivity contribution in [2.75, 3.05) is 19.4 Å². The zero-order valence-electron chi connectivity index (χ0n) is 17.3. The second kappa shape index (κ2) is 10.3. The summed E-state index contributed by atoms with van der Waals surface area (Å²) in [6.45, 7) is 0. The number of hydrogen-bond donors (Lipinski definition) is 2. The fraction of sp³-hybridized carbons (Fsp3) is 0.182. The number of nitrogens with zero attached hydrogens (tertiary/aromatic N) is 3. The van der Waals surface area contributed by atoms with Gasteiger partial charge in [-0.25, -0.2) is 19.6 Å². The summed E-state index contributed by atoms with van der Waals surface area (Å²) in [5, 5.41) is 13.4. The first-order valence-corrected chi connectivity index (χ1v) is 10.2. The topological polar surface area (TPSA) is 105 Å². The van der Waals surface area contributed by atoms with Crippen molar-refractivity contribution in [1.82, 2.24) is 14.9 Å². The van der Waals surface area contributed by atoms with Crippen LogP contribution in [-0.2, 0) is 11.2 Å². The van der Waals surface area contributed by atoms with E-state index in [2.05, 4.69) is 15.3 Å². The maximum atomic E-state index is 11.9. The van der Waals surface area contributed by atoms with E-state index >= 15 is 0 Å². The molecule has 0 saturated heterocycles. The van der Waals surface area contributed by atoms with Gasteiger partial charge in [-0.15, -0.1) is 0 Å². The molecule has 166 valence electrons. The number of benzene rings is 2. The highest BCUT2D eigenvalue weighted by atomic mass is 35.5. The average molecular weight is 475 g/mol. The Morgan fingerprint density at radius 3 is 2.50 bits per heavy atom. The van der Waals surface area contributed by atoms with Crippen LogP contribution in [0.3, 0.4) is 0 Å². The van der Waals surface area contributed by atoms with E-state index in [4.69, 9.17) is 27.9 Å². The Labute approximate surface area is 194 Å². The summed E-state index contributed by atoms with van der Waals surface area (Å²) in [5.41, 5.74) is 1.83. The van der Waals surface area contributed by atoms with Gasteiger partial charge < -0.3 is 20.1 Å². The van der Waals surface area contributed by atoms with Crippen LogP contribution in [0.2, 0.25) is 10.0 Å². The van der Waals surface area contributed by atoms with E-state index in [1.165, 1.54) is 11.2 Å². The molecule has 3 rings (SSSR count). The van der Waals surface area contributed by atoms with Crippen molar-refractivity contribution in [3.05, 3.63) is 70.6 Å². The third-order valence-corrected chi connectivity index (χ3v) is 5.32. The van der Waals surface area contributed by atoms with Crippen LogP contribution in [0.15, 0.2) is 55.0 Å². The molecule has 0 bridgehead atoms. The van der Waals surface area contributed by atoms with Crippen molar-refractivity contribution >= 4 is 41.1 Å². The number of amides is 1. The van der Waals surface area contributed by atoms with Gasteiger partial charge in [-0.1, -0.05) is 47.5 Å². The zero-order chi connectivity index (χ0) is 23.3. The van der Waals surface area contributed by atoms with E-state index in [0.717, 1.165) is 5.56 Å². The van der Waals surface area contributed by atoms with Gasteiger partial charge in [-0.05, 0) is 23.8 Å². The molecule has 0 radical (unpaired) electrons. The molecule has 0 spiro atoms. The molecule has 0 aliphatic carbocycles. The molecule has 1 heterocycles. The van der Waals surface area contributed by atoms with Crippen LogP contribution in [0.5, 0.6) is 5.75 Å². The summed E-state index contributed by atoms with van der Waals surface area (Å²) >= 11 is 12.4. The Balaban J connectivity index is 1.81. The first-order chi connectivity index (χ1) is 15.3. The highest BCUT2D eigenvalue weighted by molar-refractivity contribution is 6.43. The number of nitrogens with one attached hydrogen (secondary N) is 1. The summed E-state index contributed by atoms with van der Waals surface area (Å²) < 4.78 is 5.18. The second-order valence-electron chi connectivity index (χ2n) is 7.03. The smallest absolute Gasteiger partial charge is 0.414 e. The molecule has 1 amide bonds. The lowest BCUT2D eigenvalue weighted by atomic mass is 10.0. The summed E-state index contributed by atoms with van der Waals surface area (Å²) in [4.78, 5) is 33.1. The van der Waals surface area contributed by atoms with Gasteiger partial charge in [0.2, 0.25) is 0 Å². The maximum Gasteiger partial charge on any atom is 0.414 e. The number of halogens is 2. The Morgan fingerprint density at radius 2 is 1.84 bits per heavy atom. The van der Waals surface area contributed by atoms with Crippen molar-refractivity contribution in [3.63, 3.8) is 0 Å². The number of carbonyl (C=O) groups is 2.